The summed E-state index contributed by atoms with van der Waals surface area (Å²) in [4.78, 5) is 2.50. The van der Waals surface area contributed by atoms with Crippen LogP contribution in [0.3, 0.4) is 0 Å². The molecule has 1 aliphatic heterocycles. The molecule has 1 fully saturated rings. The number of rotatable bonds is 1. The van der Waals surface area contributed by atoms with Crippen LogP contribution in [-0.2, 0) is 0 Å². The lowest BCUT2D eigenvalue weighted by atomic mass is 9.91. The Kier molecular flexibility index (Phi) is 3.67. The number of nitrogens with two attached hydrogens (primary N) is 1. The number of benzene rings is 1. The molecule has 1 aromatic rings. The lowest BCUT2D eigenvalue weighted by molar-refractivity contribution is 0.363. The van der Waals surface area contributed by atoms with E-state index in [9.17, 15) is 0 Å². The van der Waals surface area contributed by atoms with Crippen molar-refractivity contribution in [3.8, 4) is 0 Å². The van der Waals surface area contributed by atoms with Crippen LogP contribution in [0.5, 0.6) is 0 Å². The van der Waals surface area contributed by atoms with Crippen LogP contribution in [0.2, 0.25) is 0 Å². The Bertz CT molecular complexity index is 417. The molecule has 2 nitrogen and oxygen atoms in total. The number of anilines is 2. The van der Waals surface area contributed by atoms with Gasteiger partial charge in [0, 0.05) is 22.7 Å². The molecule has 0 amide bonds. The highest BCUT2D eigenvalue weighted by molar-refractivity contribution is 9.10. The molecule has 2 N–H and O–H groups in total. The summed E-state index contributed by atoms with van der Waals surface area (Å²) < 4.78 is 1.11. The SMILES string of the molecule is Cc1cc(N2CCCC(C)C2C)c(Br)cc1N. The number of hydrogen-bond donors (Lipinski definition) is 1. The van der Waals surface area contributed by atoms with E-state index in [1.54, 1.807) is 0 Å². The molecule has 1 saturated heterocycles. The van der Waals surface area contributed by atoms with Crippen LogP contribution < -0.4 is 10.6 Å². The van der Waals surface area contributed by atoms with E-state index >= 15 is 0 Å². The molecular formula is C14H21BrN2. The zero-order chi connectivity index (χ0) is 12.6. The standard InChI is InChI=1S/C14H21BrN2/c1-9-5-4-6-17(11(9)3)14-7-10(2)13(16)8-12(14)15/h7-9,11H,4-6,16H2,1-3H3. The largest absolute Gasteiger partial charge is 0.398 e. The first-order valence-electron chi connectivity index (χ1n) is 6.33. The maximum atomic E-state index is 5.93. The zero-order valence-electron chi connectivity index (χ0n) is 10.8. The van der Waals surface area contributed by atoms with Gasteiger partial charge in [-0.15, -0.1) is 0 Å². The molecule has 2 unspecified atom stereocenters. The van der Waals surface area contributed by atoms with E-state index in [4.69, 9.17) is 5.73 Å². The van der Waals surface area contributed by atoms with Crippen LogP contribution in [0.25, 0.3) is 0 Å². The Morgan fingerprint density at radius 1 is 1.35 bits per heavy atom. The maximum Gasteiger partial charge on any atom is 0.0517 e. The van der Waals surface area contributed by atoms with Crippen molar-refractivity contribution in [2.24, 2.45) is 5.92 Å². The van der Waals surface area contributed by atoms with Gasteiger partial charge in [-0.2, -0.15) is 0 Å². The average molecular weight is 297 g/mol. The minimum atomic E-state index is 0.600. The quantitative estimate of drug-likeness (QED) is 0.795. The summed E-state index contributed by atoms with van der Waals surface area (Å²) in [5.74, 6) is 0.758. The highest BCUT2D eigenvalue weighted by atomic mass is 79.9. The van der Waals surface area contributed by atoms with Gasteiger partial charge in [-0.3, -0.25) is 0 Å². The first kappa shape index (κ1) is 12.7. The van der Waals surface area contributed by atoms with Crippen LogP contribution in [0, 0.1) is 12.8 Å². The molecule has 0 bridgehead atoms. The second-order valence-corrected chi connectivity index (χ2v) is 6.07. The predicted molar refractivity (Wildman–Crippen MR) is 78.5 cm³/mol. The number of nitrogens with zero attached hydrogens (tertiary/aromatic N) is 1. The smallest absolute Gasteiger partial charge is 0.0517 e. The molecule has 0 saturated carbocycles. The molecular weight excluding hydrogens is 276 g/mol. The van der Waals surface area contributed by atoms with E-state index in [2.05, 4.69) is 47.7 Å². The van der Waals surface area contributed by atoms with E-state index in [-0.39, 0.29) is 0 Å². The highest BCUT2D eigenvalue weighted by Crippen LogP contribution is 2.35. The van der Waals surface area contributed by atoms with Crippen molar-refractivity contribution in [1.82, 2.24) is 0 Å². The summed E-state index contributed by atoms with van der Waals surface area (Å²) >= 11 is 3.64. The molecule has 0 aromatic heterocycles. The highest BCUT2D eigenvalue weighted by Gasteiger charge is 2.26. The van der Waals surface area contributed by atoms with Gasteiger partial charge in [0.15, 0.2) is 0 Å². The third kappa shape index (κ3) is 2.44. The lowest BCUT2D eigenvalue weighted by Crippen LogP contribution is -2.42. The van der Waals surface area contributed by atoms with E-state index in [1.165, 1.54) is 18.5 Å². The first-order valence-corrected chi connectivity index (χ1v) is 7.12. The second kappa shape index (κ2) is 4.89. The molecule has 0 radical (unpaired) electrons. The van der Waals surface area contributed by atoms with E-state index in [1.807, 2.05) is 6.07 Å². The first-order chi connectivity index (χ1) is 8.00. The Hall–Kier alpha value is -0.700. The van der Waals surface area contributed by atoms with Crippen molar-refractivity contribution in [2.75, 3.05) is 17.2 Å². The number of hydrogen-bond acceptors (Lipinski definition) is 2. The van der Waals surface area contributed by atoms with E-state index < -0.39 is 0 Å². The average Bonchev–Trinajstić information content (AvgIpc) is 2.28. The van der Waals surface area contributed by atoms with Crippen molar-refractivity contribution in [1.29, 1.82) is 0 Å². The number of piperidine rings is 1. The van der Waals surface area contributed by atoms with Gasteiger partial charge >= 0.3 is 0 Å². The van der Waals surface area contributed by atoms with Crippen molar-refractivity contribution in [3.05, 3.63) is 22.2 Å². The van der Waals surface area contributed by atoms with Gasteiger partial charge < -0.3 is 10.6 Å². The molecule has 2 rings (SSSR count). The van der Waals surface area contributed by atoms with Crippen LogP contribution >= 0.6 is 15.9 Å². The van der Waals surface area contributed by atoms with Gasteiger partial charge in [-0.05, 0) is 66.2 Å². The normalized spacial score (nSPS) is 25.1. The molecule has 0 aliphatic carbocycles. The molecule has 0 spiro atoms. The molecule has 1 heterocycles. The number of aryl methyl sites for hydroxylation is 1. The van der Waals surface area contributed by atoms with E-state index in [0.29, 0.717) is 6.04 Å². The summed E-state index contributed by atoms with van der Waals surface area (Å²) in [6, 6.07) is 4.83. The molecule has 1 aliphatic rings. The van der Waals surface area contributed by atoms with Crippen molar-refractivity contribution in [2.45, 2.75) is 39.7 Å². The Labute approximate surface area is 112 Å². The monoisotopic (exact) mass is 296 g/mol. The van der Waals surface area contributed by atoms with Crippen LogP contribution in [0.4, 0.5) is 11.4 Å². The lowest BCUT2D eigenvalue weighted by Gasteiger charge is -2.40. The molecule has 2 atom stereocenters. The minimum Gasteiger partial charge on any atom is -0.398 e. The number of halogens is 1. The summed E-state index contributed by atoms with van der Waals surface area (Å²) in [6.45, 7) is 7.88. The maximum absolute atomic E-state index is 5.93. The van der Waals surface area contributed by atoms with Gasteiger partial charge in [-0.25, -0.2) is 0 Å². The van der Waals surface area contributed by atoms with E-state index in [0.717, 1.165) is 28.2 Å². The summed E-state index contributed by atoms with van der Waals surface area (Å²) in [7, 11) is 0. The minimum absolute atomic E-state index is 0.600. The zero-order valence-corrected chi connectivity index (χ0v) is 12.4. The van der Waals surface area contributed by atoms with Crippen molar-refractivity contribution in [3.63, 3.8) is 0 Å². The summed E-state index contributed by atoms with van der Waals surface area (Å²) in [5.41, 5.74) is 9.24. The third-order valence-electron chi connectivity index (χ3n) is 4.02. The van der Waals surface area contributed by atoms with Gasteiger partial charge in [-0.1, -0.05) is 6.92 Å². The van der Waals surface area contributed by atoms with Crippen LogP contribution in [0.15, 0.2) is 16.6 Å². The van der Waals surface area contributed by atoms with Gasteiger partial charge in [0.2, 0.25) is 0 Å². The predicted octanol–water partition coefficient (Wildman–Crippen LogP) is 3.96. The number of nitrogen functional groups attached to an aromatic ring is 1. The fourth-order valence-electron chi connectivity index (χ4n) is 2.58. The van der Waals surface area contributed by atoms with Crippen molar-refractivity contribution >= 4 is 27.3 Å². The fourth-order valence-corrected chi connectivity index (χ4v) is 3.17. The third-order valence-corrected chi connectivity index (χ3v) is 4.65. The van der Waals surface area contributed by atoms with Crippen LogP contribution in [0.1, 0.15) is 32.3 Å². The van der Waals surface area contributed by atoms with Gasteiger partial charge in [0.05, 0.1) is 5.69 Å². The fraction of sp³-hybridized carbons (Fsp3) is 0.571. The molecule has 3 heteroatoms. The second-order valence-electron chi connectivity index (χ2n) is 5.21. The molecule has 94 valence electrons. The van der Waals surface area contributed by atoms with Crippen LogP contribution in [-0.4, -0.2) is 12.6 Å². The van der Waals surface area contributed by atoms with Gasteiger partial charge in [0.25, 0.3) is 0 Å². The molecule has 1 aromatic carbocycles. The summed E-state index contributed by atoms with van der Waals surface area (Å²) in [6.07, 6.45) is 2.62. The Morgan fingerprint density at radius 2 is 2.06 bits per heavy atom. The van der Waals surface area contributed by atoms with Gasteiger partial charge in [0.1, 0.15) is 0 Å². The Morgan fingerprint density at radius 3 is 2.76 bits per heavy atom. The topological polar surface area (TPSA) is 29.3 Å². The molecule has 17 heavy (non-hydrogen) atoms. The van der Waals surface area contributed by atoms with Crippen molar-refractivity contribution < 1.29 is 0 Å². The Balaban J connectivity index is 2.36. The summed E-state index contributed by atoms with van der Waals surface area (Å²) in [5, 5.41) is 0.